The fourth-order valence-electron chi connectivity index (χ4n) is 3.05. The molecule has 1 rings (SSSR count). The number of rotatable bonds is 9. The van der Waals surface area contributed by atoms with Crippen LogP contribution >= 0.6 is 0 Å². The first-order chi connectivity index (χ1) is 8.71. The van der Waals surface area contributed by atoms with E-state index in [1.807, 2.05) is 0 Å². The van der Waals surface area contributed by atoms with Gasteiger partial charge in [0.25, 0.3) is 0 Å². The Kier molecular flexibility index (Phi) is 7.20. The number of aliphatic hydroxyl groups excluding tert-OH is 1. The SMILES string of the molecule is CCCNCC(CC)(CC)CN1CCCC1CO. The van der Waals surface area contributed by atoms with Gasteiger partial charge in [0.1, 0.15) is 0 Å². The Bertz CT molecular complexity index is 217. The summed E-state index contributed by atoms with van der Waals surface area (Å²) in [4.78, 5) is 2.51. The predicted octanol–water partition coefficient (Wildman–Crippen LogP) is 2.25. The minimum atomic E-state index is 0.325. The molecule has 3 nitrogen and oxygen atoms in total. The van der Waals surface area contributed by atoms with Gasteiger partial charge in [-0.05, 0) is 50.6 Å². The molecule has 0 amide bonds. The summed E-state index contributed by atoms with van der Waals surface area (Å²) in [6.45, 7) is 11.7. The highest BCUT2D eigenvalue weighted by atomic mass is 16.3. The van der Waals surface area contributed by atoms with Crippen molar-refractivity contribution in [3.63, 3.8) is 0 Å². The third-order valence-corrected chi connectivity index (χ3v) is 4.68. The molecule has 1 aliphatic rings. The van der Waals surface area contributed by atoms with Crippen molar-refractivity contribution in [3.05, 3.63) is 0 Å². The van der Waals surface area contributed by atoms with E-state index in [4.69, 9.17) is 0 Å². The molecular formula is C15H32N2O. The van der Waals surface area contributed by atoms with Crippen LogP contribution in [0.2, 0.25) is 0 Å². The highest BCUT2D eigenvalue weighted by Crippen LogP contribution is 2.30. The molecule has 0 spiro atoms. The molecule has 1 heterocycles. The van der Waals surface area contributed by atoms with Crippen molar-refractivity contribution < 1.29 is 5.11 Å². The van der Waals surface area contributed by atoms with Crippen LogP contribution in [0.25, 0.3) is 0 Å². The van der Waals surface area contributed by atoms with Gasteiger partial charge in [-0.2, -0.15) is 0 Å². The lowest BCUT2D eigenvalue weighted by Crippen LogP contribution is -2.46. The van der Waals surface area contributed by atoms with Crippen molar-refractivity contribution in [2.75, 3.05) is 32.8 Å². The first-order valence-electron chi connectivity index (χ1n) is 7.77. The summed E-state index contributed by atoms with van der Waals surface area (Å²) in [6, 6.07) is 0.411. The summed E-state index contributed by atoms with van der Waals surface area (Å²) in [5.41, 5.74) is 0.382. The maximum Gasteiger partial charge on any atom is 0.0586 e. The lowest BCUT2D eigenvalue weighted by Gasteiger charge is -2.38. The second-order valence-electron chi connectivity index (χ2n) is 5.83. The average molecular weight is 256 g/mol. The molecule has 0 radical (unpaired) electrons. The molecule has 0 aromatic heterocycles. The zero-order chi connectivity index (χ0) is 13.4. The molecule has 18 heavy (non-hydrogen) atoms. The molecule has 1 atom stereocenters. The zero-order valence-corrected chi connectivity index (χ0v) is 12.5. The van der Waals surface area contributed by atoms with Gasteiger partial charge in [-0.1, -0.05) is 20.8 Å². The smallest absolute Gasteiger partial charge is 0.0586 e. The van der Waals surface area contributed by atoms with Gasteiger partial charge >= 0.3 is 0 Å². The molecule has 1 aliphatic heterocycles. The molecule has 0 aromatic carbocycles. The number of hydrogen-bond donors (Lipinski definition) is 2. The van der Waals surface area contributed by atoms with Gasteiger partial charge in [-0.3, -0.25) is 4.90 Å². The average Bonchev–Trinajstić information content (AvgIpc) is 2.84. The number of hydrogen-bond acceptors (Lipinski definition) is 3. The third-order valence-electron chi connectivity index (χ3n) is 4.68. The van der Waals surface area contributed by atoms with E-state index < -0.39 is 0 Å². The van der Waals surface area contributed by atoms with Crippen LogP contribution in [-0.2, 0) is 0 Å². The Morgan fingerprint density at radius 1 is 1.28 bits per heavy atom. The molecule has 1 unspecified atom stereocenters. The van der Waals surface area contributed by atoms with Gasteiger partial charge in [-0.15, -0.1) is 0 Å². The summed E-state index contributed by atoms with van der Waals surface area (Å²) in [5, 5.41) is 13.0. The van der Waals surface area contributed by atoms with Crippen molar-refractivity contribution in [1.29, 1.82) is 0 Å². The van der Waals surface area contributed by atoms with Crippen molar-refractivity contribution in [2.24, 2.45) is 5.41 Å². The minimum Gasteiger partial charge on any atom is -0.395 e. The van der Waals surface area contributed by atoms with Gasteiger partial charge in [0, 0.05) is 19.1 Å². The quantitative estimate of drug-likeness (QED) is 0.621. The van der Waals surface area contributed by atoms with Gasteiger partial charge in [0.15, 0.2) is 0 Å². The lowest BCUT2D eigenvalue weighted by molar-refractivity contribution is 0.0939. The monoisotopic (exact) mass is 256 g/mol. The third kappa shape index (κ3) is 4.22. The van der Waals surface area contributed by atoms with Crippen LogP contribution in [0.5, 0.6) is 0 Å². The molecule has 0 bridgehead atoms. The first kappa shape index (κ1) is 15.9. The Morgan fingerprint density at radius 2 is 2.00 bits per heavy atom. The Morgan fingerprint density at radius 3 is 2.56 bits per heavy atom. The standard InChI is InChI=1S/C15H32N2O/c1-4-9-16-12-15(5-2,6-3)13-17-10-7-8-14(17)11-18/h14,16,18H,4-13H2,1-3H3. The van der Waals surface area contributed by atoms with E-state index in [2.05, 4.69) is 31.0 Å². The normalized spacial score (nSPS) is 21.7. The summed E-state index contributed by atoms with van der Waals surface area (Å²) in [6.07, 6.45) is 6.05. The molecule has 0 aliphatic carbocycles. The van der Waals surface area contributed by atoms with E-state index in [1.54, 1.807) is 0 Å². The van der Waals surface area contributed by atoms with Crippen molar-refractivity contribution in [3.8, 4) is 0 Å². The van der Waals surface area contributed by atoms with Gasteiger partial charge in [-0.25, -0.2) is 0 Å². The molecule has 0 aromatic rings. The molecule has 2 N–H and O–H groups in total. The van der Waals surface area contributed by atoms with Crippen LogP contribution < -0.4 is 5.32 Å². The summed E-state index contributed by atoms with van der Waals surface area (Å²) < 4.78 is 0. The van der Waals surface area contributed by atoms with E-state index in [0.717, 1.165) is 19.6 Å². The number of likely N-dealkylation sites (tertiary alicyclic amines) is 1. The van der Waals surface area contributed by atoms with Crippen molar-refractivity contribution >= 4 is 0 Å². The maximum atomic E-state index is 9.44. The van der Waals surface area contributed by atoms with Crippen LogP contribution in [-0.4, -0.2) is 48.8 Å². The molecule has 1 saturated heterocycles. The highest BCUT2D eigenvalue weighted by molar-refractivity contribution is 4.88. The van der Waals surface area contributed by atoms with Crippen LogP contribution in [0.4, 0.5) is 0 Å². The summed E-state index contributed by atoms with van der Waals surface area (Å²) in [7, 11) is 0. The molecule has 0 saturated carbocycles. The molecule has 3 heteroatoms. The van der Waals surface area contributed by atoms with Crippen LogP contribution in [0, 0.1) is 5.41 Å². The van der Waals surface area contributed by atoms with Crippen LogP contribution in [0.1, 0.15) is 52.9 Å². The maximum absolute atomic E-state index is 9.44. The van der Waals surface area contributed by atoms with Gasteiger partial charge in [0.05, 0.1) is 6.61 Å². The second-order valence-corrected chi connectivity index (χ2v) is 5.83. The first-order valence-corrected chi connectivity index (χ1v) is 7.77. The van der Waals surface area contributed by atoms with Gasteiger partial charge < -0.3 is 10.4 Å². The van der Waals surface area contributed by atoms with Crippen LogP contribution in [0.3, 0.4) is 0 Å². The number of nitrogens with zero attached hydrogens (tertiary/aromatic N) is 1. The topological polar surface area (TPSA) is 35.5 Å². The second kappa shape index (κ2) is 8.13. The van der Waals surface area contributed by atoms with Crippen LogP contribution in [0.15, 0.2) is 0 Å². The van der Waals surface area contributed by atoms with Crippen molar-refractivity contribution in [2.45, 2.75) is 58.9 Å². The van der Waals surface area contributed by atoms with E-state index in [9.17, 15) is 5.11 Å². The van der Waals surface area contributed by atoms with E-state index in [0.29, 0.717) is 18.1 Å². The van der Waals surface area contributed by atoms with E-state index >= 15 is 0 Å². The summed E-state index contributed by atoms with van der Waals surface area (Å²) in [5.74, 6) is 0. The Balaban J connectivity index is 2.54. The minimum absolute atomic E-state index is 0.325. The highest BCUT2D eigenvalue weighted by Gasteiger charge is 2.33. The largest absolute Gasteiger partial charge is 0.395 e. The van der Waals surface area contributed by atoms with Crippen molar-refractivity contribution in [1.82, 2.24) is 10.2 Å². The number of nitrogens with one attached hydrogen (secondary N) is 1. The molecular weight excluding hydrogens is 224 g/mol. The fraction of sp³-hybridized carbons (Fsp3) is 1.00. The number of aliphatic hydroxyl groups is 1. The lowest BCUT2D eigenvalue weighted by atomic mass is 9.81. The Hall–Kier alpha value is -0.120. The zero-order valence-electron chi connectivity index (χ0n) is 12.5. The van der Waals surface area contributed by atoms with E-state index in [1.165, 1.54) is 38.6 Å². The van der Waals surface area contributed by atoms with Gasteiger partial charge in [0.2, 0.25) is 0 Å². The molecule has 1 fully saturated rings. The fourth-order valence-corrected chi connectivity index (χ4v) is 3.05. The summed E-state index contributed by atoms with van der Waals surface area (Å²) >= 11 is 0. The van der Waals surface area contributed by atoms with E-state index in [-0.39, 0.29) is 0 Å². The molecule has 108 valence electrons. The Labute approximate surface area is 113 Å². The predicted molar refractivity (Wildman–Crippen MR) is 77.9 cm³/mol.